The summed E-state index contributed by atoms with van der Waals surface area (Å²) >= 11 is 12.1. The molecule has 0 aliphatic rings. The summed E-state index contributed by atoms with van der Waals surface area (Å²) in [5, 5.41) is 3.79. The minimum absolute atomic E-state index is 0.113. The van der Waals surface area contributed by atoms with Gasteiger partial charge < -0.3 is 10.2 Å². The summed E-state index contributed by atoms with van der Waals surface area (Å²) in [4.78, 5) is 27.3. The Morgan fingerprint density at radius 3 is 2.41 bits per heavy atom. The number of nitrogens with one attached hydrogen (secondary N) is 1. The number of hydrogen-bond acceptors (Lipinski definition) is 2. The van der Waals surface area contributed by atoms with E-state index >= 15 is 0 Å². The quantitative estimate of drug-likeness (QED) is 0.539. The van der Waals surface area contributed by atoms with Gasteiger partial charge in [0, 0.05) is 13.1 Å². The molecule has 1 atom stereocenters. The Morgan fingerprint density at radius 2 is 1.76 bits per heavy atom. The first kappa shape index (κ1) is 23.2. The Labute approximate surface area is 183 Å². The molecule has 29 heavy (non-hydrogen) atoms. The molecule has 0 unspecified atom stereocenters. The van der Waals surface area contributed by atoms with Crippen LogP contribution in [0, 0.1) is 0 Å². The number of nitrogens with zero attached hydrogens (tertiary/aromatic N) is 1. The number of hydrogen-bond donors (Lipinski definition) is 1. The molecule has 0 radical (unpaired) electrons. The molecule has 0 bridgehead atoms. The van der Waals surface area contributed by atoms with Crippen molar-refractivity contribution in [3.8, 4) is 0 Å². The highest BCUT2D eigenvalue weighted by Gasteiger charge is 2.25. The number of unbranched alkanes of at least 4 members (excludes halogenated alkanes) is 1. The van der Waals surface area contributed by atoms with Crippen molar-refractivity contribution in [2.45, 2.75) is 45.6 Å². The predicted molar refractivity (Wildman–Crippen MR) is 119 cm³/mol. The maximum absolute atomic E-state index is 13.1. The number of carbonyl (C=O) groups is 2. The van der Waals surface area contributed by atoms with Crippen LogP contribution in [-0.2, 0) is 22.4 Å². The standard InChI is InChI=1S/C23H28Cl2N2O2/c1-3-4-13-26-23(29)17(2)27(14-12-18-8-6-5-7-9-18)22(28)16-19-10-11-20(24)21(25)15-19/h5-11,15,17H,3-4,12-14,16H2,1-2H3,(H,26,29)/t17-/m0/s1. The average molecular weight is 435 g/mol. The monoisotopic (exact) mass is 434 g/mol. The molecule has 0 saturated carbocycles. The molecule has 0 spiro atoms. The molecule has 2 aromatic rings. The summed E-state index contributed by atoms with van der Waals surface area (Å²) in [7, 11) is 0. The van der Waals surface area contributed by atoms with Gasteiger partial charge >= 0.3 is 0 Å². The molecule has 0 aliphatic carbocycles. The van der Waals surface area contributed by atoms with Gasteiger partial charge in [-0.2, -0.15) is 0 Å². The lowest BCUT2D eigenvalue weighted by Gasteiger charge is -2.29. The first-order valence-electron chi connectivity index (χ1n) is 9.97. The van der Waals surface area contributed by atoms with Crippen LogP contribution in [0.25, 0.3) is 0 Å². The van der Waals surface area contributed by atoms with Gasteiger partial charge in [0.25, 0.3) is 0 Å². The summed E-state index contributed by atoms with van der Waals surface area (Å²) in [5.74, 6) is -0.244. The fourth-order valence-electron chi connectivity index (χ4n) is 3.03. The fourth-order valence-corrected chi connectivity index (χ4v) is 3.35. The van der Waals surface area contributed by atoms with Crippen LogP contribution in [0.2, 0.25) is 10.0 Å². The van der Waals surface area contributed by atoms with Crippen molar-refractivity contribution in [2.75, 3.05) is 13.1 Å². The fraction of sp³-hybridized carbons (Fsp3) is 0.391. The Hall–Kier alpha value is -2.04. The van der Waals surface area contributed by atoms with E-state index in [2.05, 4.69) is 12.2 Å². The smallest absolute Gasteiger partial charge is 0.242 e. The zero-order chi connectivity index (χ0) is 21.2. The third-order valence-corrected chi connectivity index (χ3v) is 5.56. The van der Waals surface area contributed by atoms with Gasteiger partial charge in [0.2, 0.25) is 11.8 Å². The van der Waals surface area contributed by atoms with Gasteiger partial charge in [0.1, 0.15) is 6.04 Å². The highest BCUT2D eigenvalue weighted by Crippen LogP contribution is 2.23. The van der Waals surface area contributed by atoms with Crippen LogP contribution >= 0.6 is 23.2 Å². The number of carbonyl (C=O) groups excluding carboxylic acids is 2. The van der Waals surface area contributed by atoms with Gasteiger partial charge in [-0.1, -0.05) is 72.9 Å². The van der Waals surface area contributed by atoms with Crippen molar-refractivity contribution in [1.82, 2.24) is 10.2 Å². The minimum Gasteiger partial charge on any atom is -0.354 e. The number of amides is 2. The number of rotatable bonds is 10. The summed E-state index contributed by atoms with van der Waals surface area (Å²) in [6.45, 7) is 4.93. The maximum Gasteiger partial charge on any atom is 0.242 e. The van der Waals surface area contributed by atoms with Gasteiger partial charge in [-0.15, -0.1) is 0 Å². The van der Waals surface area contributed by atoms with Crippen molar-refractivity contribution in [3.05, 3.63) is 69.7 Å². The molecule has 4 nitrogen and oxygen atoms in total. The van der Waals surface area contributed by atoms with E-state index < -0.39 is 6.04 Å². The van der Waals surface area contributed by atoms with Crippen LogP contribution in [0.3, 0.4) is 0 Å². The lowest BCUT2D eigenvalue weighted by atomic mass is 10.1. The first-order valence-corrected chi connectivity index (χ1v) is 10.7. The summed E-state index contributed by atoms with van der Waals surface area (Å²) in [6, 6.07) is 14.6. The summed E-state index contributed by atoms with van der Waals surface area (Å²) in [6.07, 6.45) is 2.77. The maximum atomic E-state index is 13.1. The topological polar surface area (TPSA) is 49.4 Å². The van der Waals surface area contributed by atoms with E-state index in [4.69, 9.17) is 23.2 Å². The van der Waals surface area contributed by atoms with Crippen LogP contribution in [-0.4, -0.2) is 35.8 Å². The SMILES string of the molecule is CCCCNC(=O)[C@H](C)N(CCc1ccccc1)C(=O)Cc1ccc(Cl)c(Cl)c1. The van der Waals surface area contributed by atoms with Gasteiger partial charge in [0.05, 0.1) is 16.5 Å². The molecule has 2 aromatic carbocycles. The van der Waals surface area contributed by atoms with Crippen LogP contribution in [0.15, 0.2) is 48.5 Å². The molecule has 0 aliphatic heterocycles. The molecule has 2 amide bonds. The minimum atomic E-state index is -0.550. The number of halogens is 2. The second-order valence-corrected chi connectivity index (χ2v) is 7.88. The first-order chi connectivity index (χ1) is 13.9. The molecule has 6 heteroatoms. The van der Waals surface area contributed by atoms with Crippen LogP contribution in [0.4, 0.5) is 0 Å². The van der Waals surface area contributed by atoms with Crippen molar-refractivity contribution in [1.29, 1.82) is 0 Å². The zero-order valence-corrected chi connectivity index (χ0v) is 18.5. The largest absolute Gasteiger partial charge is 0.354 e. The van der Waals surface area contributed by atoms with E-state index in [1.54, 1.807) is 30.0 Å². The van der Waals surface area contributed by atoms with Crippen molar-refractivity contribution >= 4 is 35.0 Å². The summed E-state index contributed by atoms with van der Waals surface area (Å²) < 4.78 is 0. The Balaban J connectivity index is 2.11. The molecular weight excluding hydrogens is 407 g/mol. The second-order valence-electron chi connectivity index (χ2n) is 7.07. The van der Waals surface area contributed by atoms with Gasteiger partial charge in [-0.3, -0.25) is 9.59 Å². The molecular formula is C23H28Cl2N2O2. The van der Waals surface area contributed by atoms with Crippen molar-refractivity contribution in [2.24, 2.45) is 0 Å². The van der Waals surface area contributed by atoms with Gasteiger partial charge in [-0.25, -0.2) is 0 Å². The molecule has 2 rings (SSSR count). The van der Waals surface area contributed by atoms with E-state index in [0.717, 1.165) is 24.0 Å². The highest BCUT2D eigenvalue weighted by atomic mass is 35.5. The van der Waals surface area contributed by atoms with Gasteiger partial charge in [0.15, 0.2) is 0 Å². The van der Waals surface area contributed by atoms with Crippen LogP contribution < -0.4 is 5.32 Å². The van der Waals surface area contributed by atoms with Crippen molar-refractivity contribution < 1.29 is 9.59 Å². The Bertz CT molecular complexity index is 812. The molecule has 1 N–H and O–H groups in total. The van der Waals surface area contributed by atoms with Crippen molar-refractivity contribution in [3.63, 3.8) is 0 Å². The molecule has 156 valence electrons. The lowest BCUT2D eigenvalue weighted by Crippen LogP contribution is -2.49. The van der Waals surface area contributed by atoms with E-state index in [-0.39, 0.29) is 18.2 Å². The van der Waals surface area contributed by atoms with Crippen LogP contribution in [0.1, 0.15) is 37.8 Å². The van der Waals surface area contributed by atoms with Crippen LogP contribution in [0.5, 0.6) is 0 Å². The number of benzene rings is 2. The Kier molecular flexibility index (Phi) is 9.49. The molecule has 0 fully saturated rings. The zero-order valence-electron chi connectivity index (χ0n) is 17.0. The molecule has 0 heterocycles. The van der Waals surface area contributed by atoms with E-state index in [9.17, 15) is 9.59 Å². The van der Waals surface area contributed by atoms with E-state index in [0.29, 0.717) is 29.6 Å². The second kappa shape index (κ2) is 11.8. The third kappa shape index (κ3) is 7.37. The molecule has 0 aromatic heterocycles. The molecule has 0 saturated heterocycles. The Morgan fingerprint density at radius 1 is 1.03 bits per heavy atom. The lowest BCUT2D eigenvalue weighted by molar-refractivity contribution is -0.139. The third-order valence-electron chi connectivity index (χ3n) is 4.82. The predicted octanol–water partition coefficient (Wildman–Crippen LogP) is 4.91. The van der Waals surface area contributed by atoms with Gasteiger partial charge in [-0.05, 0) is 43.0 Å². The highest BCUT2D eigenvalue weighted by molar-refractivity contribution is 6.42. The van der Waals surface area contributed by atoms with E-state index in [1.807, 2.05) is 30.3 Å². The average Bonchev–Trinajstić information content (AvgIpc) is 2.71. The van der Waals surface area contributed by atoms with E-state index in [1.165, 1.54) is 0 Å². The summed E-state index contributed by atoms with van der Waals surface area (Å²) in [5.41, 5.74) is 1.89. The normalized spacial score (nSPS) is 11.7.